The van der Waals surface area contributed by atoms with Crippen molar-refractivity contribution in [2.24, 2.45) is 0 Å². The molecule has 0 N–H and O–H groups in total. The predicted octanol–water partition coefficient (Wildman–Crippen LogP) is 0.856. The van der Waals surface area contributed by atoms with Gasteiger partial charge >= 0.3 is 12.0 Å². The van der Waals surface area contributed by atoms with Crippen molar-refractivity contribution in [1.82, 2.24) is 9.80 Å². The monoisotopic (exact) mass is 270 g/mol. The summed E-state index contributed by atoms with van der Waals surface area (Å²) in [6.07, 6.45) is 3.34. The number of nitrogens with zero attached hydrogens (tertiary/aromatic N) is 2. The lowest BCUT2D eigenvalue weighted by molar-refractivity contribution is -0.145. The average Bonchev–Trinajstić information content (AvgIpc) is 2.47. The van der Waals surface area contributed by atoms with E-state index >= 15 is 0 Å². The molecule has 108 valence electrons. The van der Waals surface area contributed by atoms with E-state index in [1.807, 2.05) is 4.90 Å². The lowest BCUT2D eigenvalue weighted by Crippen LogP contribution is -2.52. The van der Waals surface area contributed by atoms with Gasteiger partial charge in [-0.1, -0.05) is 0 Å². The summed E-state index contributed by atoms with van der Waals surface area (Å²) in [6, 6.07) is 0.0814. The maximum Gasteiger partial charge on any atom is 0.320 e. The van der Waals surface area contributed by atoms with Gasteiger partial charge < -0.3 is 19.3 Å². The van der Waals surface area contributed by atoms with Gasteiger partial charge in [0.15, 0.2) is 0 Å². The summed E-state index contributed by atoms with van der Waals surface area (Å²) in [7, 11) is 1.36. The first-order valence-electron chi connectivity index (χ1n) is 6.93. The minimum atomic E-state index is -0.294. The van der Waals surface area contributed by atoms with Crippen molar-refractivity contribution in [2.45, 2.75) is 31.8 Å². The first-order valence-corrected chi connectivity index (χ1v) is 6.93. The highest BCUT2D eigenvalue weighted by Crippen LogP contribution is 2.15. The molecule has 0 radical (unpaired) electrons. The Morgan fingerprint density at radius 2 is 1.89 bits per heavy atom. The molecule has 2 aliphatic rings. The van der Waals surface area contributed by atoms with Crippen molar-refractivity contribution in [3.63, 3.8) is 0 Å². The minimum Gasteiger partial charge on any atom is -0.469 e. The molecule has 1 atom stereocenters. The Kier molecular flexibility index (Phi) is 5.01. The van der Waals surface area contributed by atoms with Crippen LogP contribution in [0.3, 0.4) is 0 Å². The van der Waals surface area contributed by atoms with Gasteiger partial charge in [0.05, 0.1) is 26.2 Å². The molecule has 0 bridgehead atoms. The van der Waals surface area contributed by atoms with Crippen LogP contribution in [0.4, 0.5) is 4.79 Å². The van der Waals surface area contributed by atoms with Crippen LogP contribution < -0.4 is 0 Å². The van der Waals surface area contributed by atoms with Gasteiger partial charge in [-0.15, -0.1) is 0 Å². The molecule has 0 aromatic heterocycles. The minimum absolute atomic E-state index is 0.0814. The maximum absolute atomic E-state index is 12.3. The summed E-state index contributed by atoms with van der Waals surface area (Å²) in [4.78, 5) is 27.3. The van der Waals surface area contributed by atoms with E-state index in [-0.39, 0.29) is 24.5 Å². The van der Waals surface area contributed by atoms with Crippen molar-refractivity contribution in [3.05, 3.63) is 0 Å². The molecule has 6 heteroatoms. The van der Waals surface area contributed by atoms with E-state index in [1.54, 1.807) is 4.90 Å². The SMILES string of the molecule is COC(=O)CC1CN(C(=O)N2CCCCC2)CCO1. The Balaban J connectivity index is 1.85. The lowest BCUT2D eigenvalue weighted by atomic mass is 10.1. The molecule has 0 aliphatic carbocycles. The number of esters is 1. The number of hydrogen-bond donors (Lipinski definition) is 0. The number of rotatable bonds is 2. The van der Waals surface area contributed by atoms with Gasteiger partial charge in [0.1, 0.15) is 0 Å². The number of carbonyl (C=O) groups excluding carboxylic acids is 2. The molecule has 0 aromatic rings. The largest absolute Gasteiger partial charge is 0.469 e. The van der Waals surface area contributed by atoms with Gasteiger partial charge in [-0.3, -0.25) is 4.79 Å². The summed E-state index contributed by atoms with van der Waals surface area (Å²) < 4.78 is 10.1. The number of piperidine rings is 1. The Morgan fingerprint density at radius 1 is 1.16 bits per heavy atom. The summed E-state index contributed by atoms with van der Waals surface area (Å²) in [5.74, 6) is -0.294. The van der Waals surface area contributed by atoms with Gasteiger partial charge in [0.25, 0.3) is 0 Å². The normalized spacial score (nSPS) is 24.2. The predicted molar refractivity (Wildman–Crippen MR) is 68.8 cm³/mol. The molecule has 6 nitrogen and oxygen atoms in total. The Labute approximate surface area is 113 Å². The van der Waals surface area contributed by atoms with Crippen molar-refractivity contribution < 1.29 is 19.1 Å². The van der Waals surface area contributed by atoms with Crippen LogP contribution in [-0.4, -0.2) is 67.8 Å². The molecule has 0 spiro atoms. The molecular weight excluding hydrogens is 248 g/mol. The zero-order valence-electron chi connectivity index (χ0n) is 11.5. The third-order valence-corrected chi connectivity index (χ3v) is 3.66. The number of methoxy groups -OCH3 is 1. The molecule has 19 heavy (non-hydrogen) atoms. The van der Waals surface area contributed by atoms with Crippen LogP contribution in [-0.2, 0) is 14.3 Å². The smallest absolute Gasteiger partial charge is 0.320 e. The van der Waals surface area contributed by atoms with Crippen LogP contribution in [0.1, 0.15) is 25.7 Å². The molecule has 2 saturated heterocycles. The molecular formula is C13H22N2O4. The first kappa shape index (κ1) is 14.1. The third kappa shape index (κ3) is 3.83. The zero-order valence-corrected chi connectivity index (χ0v) is 11.5. The number of morpholine rings is 1. The van der Waals surface area contributed by atoms with Crippen molar-refractivity contribution in [2.75, 3.05) is 39.9 Å². The lowest BCUT2D eigenvalue weighted by Gasteiger charge is -2.37. The third-order valence-electron chi connectivity index (χ3n) is 3.66. The summed E-state index contributed by atoms with van der Waals surface area (Å²) in [5, 5.41) is 0. The average molecular weight is 270 g/mol. The van der Waals surface area contributed by atoms with Gasteiger partial charge in [-0.2, -0.15) is 0 Å². The fourth-order valence-corrected chi connectivity index (χ4v) is 2.57. The van der Waals surface area contributed by atoms with Crippen molar-refractivity contribution >= 4 is 12.0 Å². The van der Waals surface area contributed by atoms with Gasteiger partial charge in [-0.05, 0) is 19.3 Å². The van der Waals surface area contributed by atoms with Gasteiger partial charge in [-0.25, -0.2) is 4.79 Å². The first-order chi connectivity index (χ1) is 9.20. The molecule has 0 saturated carbocycles. The van der Waals surface area contributed by atoms with Crippen LogP contribution in [0.25, 0.3) is 0 Å². The van der Waals surface area contributed by atoms with E-state index < -0.39 is 0 Å². The van der Waals surface area contributed by atoms with Crippen LogP contribution in [0, 0.1) is 0 Å². The van der Waals surface area contributed by atoms with Crippen molar-refractivity contribution in [1.29, 1.82) is 0 Å². The highest BCUT2D eigenvalue weighted by atomic mass is 16.5. The standard InChI is InChI=1S/C13H22N2O4/c1-18-12(16)9-11-10-15(7-8-19-11)13(17)14-5-3-2-4-6-14/h11H,2-10H2,1H3. The van der Waals surface area contributed by atoms with Gasteiger partial charge in [0.2, 0.25) is 0 Å². The molecule has 1 unspecified atom stereocenters. The molecule has 0 aromatic carbocycles. The zero-order chi connectivity index (χ0) is 13.7. The van der Waals surface area contributed by atoms with E-state index in [1.165, 1.54) is 13.5 Å². The molecule has 2 aliphatic heterocycles. The fourth-order valence-electron chi connectivity index (χ4n) is 2.57. The number of carbonyl (C=O) groups is 2. The number of urea groups is 1. The molecule has 2 amide bonds. The topological polar surface area (TPSA) is 59.1 Å². The Bertz CT molecular complexity index is 329. The van der Waals surface area contributed by atoms with Gasteiger partial charge in [0, 0.05) is 26.2 Å². The Hall–Kier alpha value is -1.30. The second kappa shape index (κ2) is 6.75. The fraction of sp³-hybridized carbons (Fsp3) is 0.846. The van der Waals surface area contributed by atoms with Crippen LogP contribution in [0.5, 0.6) is 0 Å². The highest BCUT2D eigenvalue weighted by molar-refractivity contribution is 5.75. The summed E-state index contributed by atoms with van der Waals surface area (Å²) >= 11 is 0. The van der Waals surface area contributed by atoms with E-state index in [2.05, 4.69) is 4.74 Å². The summed E-state index contributed by atoms with van der Waals surface area (Å²) in [5.41, 5.74) is 0. The Morgan fingerprint density at radius 3 is 2.58 bits per heavy atom. The quantitative estimate of drug-likeness (QED) is 0.698. The number of amides is 2. The highest BCUT2D eigenvalue weighted by Gasteiger charge is 2.29. The number of likely N-dealkylation sites (tertiary alicyclic amines) is 1. The number of hydrogen-bond acceptors (Lipinski definition) is 4. The molecule has 2 heterocycles. The molecule has 2 rings (SSSR count). The van der Waals surface area contributed by atoms with E-state index in [9.17, 15) is 9.59 Å². The van der Waals surface area contributed by atoms with Crippen molar-refractivity contribution in [3.8, 4) is 0 Å². The second-order valence-corrected chi connectivity index (χ2v) is 5.05. The maximum atomic E-state index is 12.3. The second-order valence-electron chi connectivity index (χ2n) is 5.05. The van der Waals surface area contributed by atoms with E-state index in [0.29, 0.717) is 19.7 Å². The summed E-state index contributed by atoms with van der Waals surface area (Å²) in [6.45, 7) is 3.26. The molecule has 2 fully saturated rings. The van der Waals surface area contributed by atoms with E-state index in [0.717, 1.165) is 25.9 Å². The number of ether oxygens (including phenoxy) is 2. The van der Waals surface area contributed by atoms with Crippen LogP contribution >= 0.6 is 0 Å². The van der Waals surface area contributed by atoms with E-state index in [4.69, 9.17) is 4.74 Å². The van der Waals surface area contributed by atoms with Crippen LogP contribution in [0.15, 0.2) is 0 Å². The van der Waals surface area contributed by atoms with Crippen LogP contribution in [0.2, 0.25) is 0 Å².